The molecular formula is C11H14N2O3. The molecule has 0 aliphatic heterocycles. The fraction of sp³-hybridized carbons (Fsp3) is 0.273. The molecule has 0 radical (unpaired) electrons. The molecule has 0 aliphatic rings. The first-order valence-corrected chi connectivity index (χ1v) is 4.80. The molecule has 1 rings (SSSR count). The number of benzene rings is 1. The molecule has 0 unspecified atom stereocenters. The van der Waals surface area contributed by atoms with Crippen LogP contribution in [0.25, 0.3) is 0 Å². The van der Waals surface area contributed by atoms with Gasteiger partial charge in [0.25, 0.3) is 0 Å². The number of hydrogen-bond donors (Lipinski definition) is 2. The van der Waals surface area contributed by atoms with Crippen molar-refractivity contribution in [3.63, 3.8) is 0 Å². The number of carbonyl (C=O) groups excluding carboxylic acids is 2. The number of hydrogen-bond acceptors (Lipinski definition) is 3. The van der Waals surface area contributed by atoms with Crippen molar-refractivity contribution in [3.05, 3.63) is 24.3 Å². The van der Waals surface area contributed by atoms with Gasteiger partial charge in [-0.05, 0) is 24.3 Å². The molecule has 0 bridgehead atoms. The fourth-order valence-corrected chi connectivity index (χ4v) is 1.08. The predicted molar refractivity (Wildman–Crippen MR) is 60.3 cm³/mol. The van der Waals surface area contributed by atoms with Gasteiger partial charge in [0.2, 0.25) is 11.8 Å². The Kier molecular flexibility index (Phi) is 4.32. The van der Waals surface area contributed by atoms with Gasteiger partial charge in [-0.2, -0.15) is 0 Å². The zero-order valence-corrected chi connectivity index (χ0v) is 9.24. The molecule has 0 saturated heterocycles. The van der Waals surface area contributed by atoms with Gasteiger partial charge in [0.05, 0.1) is 13.7 Å². The van der Waals surface area contributed by atoms with E-state index in [1.807, 2.05) is 0 Å². The molecule has 0 spiro atoms. The van der Waals surface area contributed by atoms with E-state index >= 15 is 0 Å². The zero-order valence-electron chi connectivity index (χ0n) is 9.24. The minimum Gasteiger partial charge on any atom is -0.497 e. The number of amides is 2. The van der Waals surface area contributed by atoms with Gasteiger partial charge in [-0.15, -0.1) is 0 Å². The molecule has 1 aromatic rings. The van der Waals surface area contributed by atoms with Gasteiger partial charge in [-0.1, -0.05) is 0 Å². The molecule has 5 heteroatoms. The molecule has 86 valence electrons. The Balaban J connectivity index is 2.46. The quantitative estimate of drug-likeness (QED) is 0.790. The SMILES string of the molecule is COc1ccc(NC(=O)CNC(C)=O)cc1. The van der Waals surface area contributed by atoms with E-state index in [1.54, 1.807) is 31.4 Å². The van der Waals surface area contributed by atoms with Crippen LogP contribution in [0.15, 0.2) is 24.3 Å². The van der Waals surface area contributed by atoms with E-state index in [9.17, 15) is 9.59 Å². The number of methoxy groups -OCH3 is 1. The first kappa shape index (κ1) is 12.0. The van der Waals surface area contributed by atoms with E-state index in [1.165, 1.54) is 6.92 Å². The molecule has 2 amide bonds. The number of nitrogens with one attached hydrogen (secondary N) is 2. The van der Waals surface area contributed by atoms with Crippen LogP contribution >= 0.6 is 0 Å². The molecule has 16 heavy (non-hydrogen) atoms. The van der Waals surface area contributed by atoms with E-state index in [0.717, 1.165) is 5.75 Å². The third-order valence-electron chi connectivity index (χ3n) is 1.87. The lowest BCUT2D eigenvalue weighted by atomic mass is 10.3. The molecule has 0 heterocycles. The summed E-state index contributed by atoms with van der Waals surface area (Å²) in [5, 5.41) is 5.05. The second kappa shape index (κ2) is 5.75. The Labute approximate surface area is 93.8 Å². The average Bonchev–Trinajstić information content (AvgIpc) is 2.27. The van der Waals surface area contributed by atoms with E-state index in [2.05, 4.69) is 10.6 Å². The molecule has 0 atom stereocenters. The molecular weight excluding hydrogens is 208 g/mol. The van der Waals surface area contributed by atoms with Gasteiger partial charge < -0.3 is 15.4 Å². The minimum absolute atomic E-state index is 0.0264. The van der Waals surface area contributed by atoms with Crippen molar-refractivity contribution < 1.29 is 14.3 Å². The smallest absolute Gasteiger partial charge is 0.243 e. The first-order chi connectivity index (χ1) is 7.61. The Morgan fingerprint density at radius 1 is 1.25 bits per heavy atom. The molecule has 0 aliphatic carbocycles. The summed E-state index contributed by atoms with van der Waals surface area (Å²) < 4.78 is 4.98. The third kappa shape index (κ3) is 4.00. The molecule has 5 nitrogen and oxygen atoms in total. The Morgan fingerprint density at radius 3 is 2.38 bits per heavy atom. The van der Waals surface area contributed by atoms with Crippen molar-refractivity contribution in [1.29, 1.82) is 0 Å². The maximum atomic E-state index is 11.3. The van der Waals surface area contributed by atoms with Gasteiger partial charge in [-0.3, -0.25) is 9.59 Å². The summed E-state index contributed by atoms with van der Waals surface area (Å²) in [4.78, 5) is 21.9. The highest BCUT2D eigenvalue weighted by atomic mass is 16.5. The summed E-state index contributed by atoms with van der Waals surface area (Å²) in [7, 11) is 1.57. The largest absolute Gasteiger partial charge is 0.497 e. The standard InChI is InChI=1S/C11H14N2O3/c1-8(14)12-7-11(15)13-9-3-5-10(16-2)6-4-9/h3-6H,7H2,1-2H3,(H,12,14)(H,13,15). The highest BCUT2D eigenvalue weighted by Gasteiger charge is 2.02. The van der Waals surface area contributed by atoms with E-state index in [0.29, 0.717) is 5.69 Å². The van der Waals surface area contributed by atoms with Crippen molar-refractivity contribution in [1.82, 2.24) is 5.32 Å². The van der Waals surface area contributed by atoms with Crippen molar-refractivity contribution in [3.8, 4) is 5.75 Å². The van der Waals surface area contributed by atoms with E-state index in [-0.39, 0.29) is 18.4 Å². The molecule has 0 aromatic heterocycles. The lowest BCUT2D eigenvalue weighted by molar-refractivity contribution is -0.122. The topological polar surface area (TPSA) is 67.4 Å². The van der Waals surface area contributed by atoms with E-state index < -0.39 is 0 Å². The van der Waals surface area contributed by atoms with Crippen LogP contribution in [0, 0.1) is 0 Å². The van der Waals surface area contributed by atoms with Gasteiger partial charge in [0.1, 0.15) is 5.75 Å². The highest BCUT2D eigenvalue weighted by molar-refractivity contribution is 5.94. The van der Waals surface area contributed by atoms with Crippen molar-refractivity contribution in [2.75, 3.05) is 19.0 Å². The van der Waals surface area contributed by atoms with Gasteiger partial charge in [0, 0.05) is 12.6 Å². The summed E-state index contributed by atoms with van der Waals surface area (Å²) >= 11 is 0. The third-order valence-corrected chi connectivity index (χ3v) is 1.87. The normalized spacial score (nSPS) is 9.38. The van der Waals surface area contributed by atoms with Crippen LogP contribution in [0.5, 0.6) is 5.75 Å². The van der Waals surface area contributed by atoms with Crippen LogP contribution in [-0.2, 0) is 9.59 Å². The van der Waals surface area contributed by atoms with Gasteiger partial charge in [0.15, 0.2) is 0 Å². The van der Waals surface area contributed by atoms with Crippen LogP contribution in [0.4, 0.5) is 5.69 Å². The Hall–Kier alpha value is -2.04. The van der Waals surface area contributed by atoms with Crippen LogP contribution in [-0.4, -0.2) is 25.5 Å². The minimum atomic E-state index is -0.264. The van der Waals surface area contributed by atoms with Gasteiger partial charge >= 0.3 is 0 Å². The van der Waals surface area contributed by atoms with Gasteiger partial charge in [-0.25, -0.2) is 0 Å². The molecule has 0 saturated carbocycles. The van der Waals surface area contributed by atoms with Crippen LogP contribution in [0.2, 0.25) is 0 Å². The lowest BCUT2D eigenvalue weighted by Crippen LogP contribution is -2.31. The van der Waals surface area contributed by atoms with Crippen molar-refractivity contribution in [2.45, 2.75) is 6.92 Å². The summed E-state index contributed by atoms with van der Waals surface area (Å²) in [5.41, 5.74) is 0.663. The summed E-state index contributed by atoms with van der Waals surface area (Å²) in [6, 6.07) is 6.94. The number of ether oxygens (including phenoxy) is 1. The Morgan fingerprint density at radius 2 is 1.88 bits per heavy atom. The summed E-state index contributed by atoms with van der Waals surface area (Å²) in [5.74, 6) is 0.227. The average molecular weight is 222 g/mol. The van der Waals surface area contributed by atoms with Crippen LogP contribution in [0.3, 0.4) is 0 Å². The predicted octanol–water partition coefficient (Wildman–Crippen LogP) is 0.770. The first-order valence-electron chi connectivity index (χ1n) is 4.80. The Bertz CT molecular complexity index is 373. The van der Waals surface area contributed by atoms with Crippen molar-refractivity contribution >= 4 is 17.5 Å². The summed E-state index contributed by atoms with van der Waals surface area (Å²) in [6.45, 7) is 1.34. The monoisotopic (exact) mass is 222 g/mol. The second-order valence-electron chi connectivity index (χ2n) is 3.19. The second-order valence-corrected chi connectivity index (χ2v) is 3.19. The molecule has 1 aromatic carbocycles. The zero-order chi connectivity index (χ0) is 12.0. The highest BCUT2D eigenvalue weighted by Crippen LogP contribution is 2.14. The fourth-order valence-electron chi connectivity index (χ4n) is 1.08. The van der Waals surface area contributed by atoms with Crippen molar-refractivity contribution in [2.24, 2.45) is 0 Å². The van der Waals surface area contributed by atoms with Crippen LogP contribution in [0.1, 0.15) is 6.92 Å². The number of carbonyl (C=O) groups is 2. The van der Waals surface area contributed by atoms with E-state index in [4.69, 9.17) is 4.74 Å². The maximum absolute atomic E-state index is 11.3. The molecule has 2 N–H and O–H groups in total. The number of anilines is 1. The summed E-state index contributed by atoms with van der Waals surface area (Å²) in [6.07, 6.45) is 0. The molecule has 0 fully saturated rings. The lowest BCUT2D eigenvalue weighted by Gasteiger charge is -2.06. The maximum Gasteiger partial charge on any atom is 0.243 e. The van der Waals surface area contributed by atoms with Crippen LogP contribution < -0.4 is 15.4 Å². The number of rotatable bonds is 4.